The van der Waals surface area contributed by atoms with Crippen molar-refractivity contribution in [1.82, 2.24) is 19.5 Å². The third-order valence-electron chi connectivity index (χ3n) is 6.69. The van der Waals surface area contributed by atoms with Gasteiger partial charge in [0.1, 0.15) is 17.3 Å². The van der Waals surface area contributed by atoms with Crippen LogP contribution in [0.3, 0.4) is 0 Å². The standard InChI is InChI=1S/C32H30FN5O4/c33-23-13-11-21(12-14-23)30-29(27-15-17-34-32(36-27)35-24-9-5-2-6-10-24)37-31(22-7-3-1-4-8-22)38(30)18-16-25(39)19-26(40)20-28(41)42/h1-15,17,25-26,39-40H,16,18-20H2,(H,41,42)(H,34,35,36)/t25-,26-/m1/s1. The van der Waals surface area contributed by atoms with Crippen molar-refractivity contribution in [2.75, 3.05) is 5.32 Å². The van der Waals surface area contributed by atoms with Crippen LogP contribution in [0, 0.1) is 5.82 Å². The fourth-order valence-corrected chi connectivity index (χ4v) is 4.75. The predicted octanol–water partition coefficient (Wildman–Crippen LogP) is 5.53. The molecule has 0 radical (unpaired) electrons. The topological polar surface area (TPSA) is 133 Å². The molecule has 0 amide bonds. The molecule has 0 spiro atoms. The van der Waals surface area contributed by atoms with Crippen molar-refractivity contribution in [2.24, 2.45) is 0 Å². The lowest BCUT2D eigenvalue weighted by Gasteiger charge is -2.18. The number of benzene rings is 3. The van der Waals surface area contributed by atoms with Gasteiger partial charge in [-0.1, -0.05) is 48.5 Å². The summed E-state index contributed by atoms with van der Waals surface area (Å²) in [5.74, 6) is -0.527. The van der Waals surface area contributed by atoms with Gasteiger partial charge in [0.05, 0.1) is 30.0 Å². The van der Waals surface area contributed by atoms with E-state index in [1.54, 1.807) is 24.4 Å². The zero-order valence-corrected chi connectivity index (χ0v) is 22.6. The van der Waals surface area contributed by atoms with E-state index in [0.717, 1.165) is 11.3 Å². The highest BCUT2D eigenvalue weighted by molar-refractivity contribution is 5.81. The maximum absolute atomic E-state index is 14.0. The molecule has 42 heavy (non-hydrogen) atoms. The van der Waals surface area contributed by atoms with Crippen LogP contribution >= 0.6 is 0 Å². The lowest BCUT2D eigenvalue weighted by molar-refractivity contribution is -0.139. The van der Waals surface area contributed by atoms with Crippen LogP contribution in [0.5, 0.6) is 0 Å². The molecule has 5 rings (SSSR count). The van der Waals surface area contributed by atoms with Gasteiger partial charge in [-0.15, -0.1) is 0 Å². The number of hydrogen-bond donors (Lipinski definition) is 4. The second-order valence-corrected chi connectivity index (χ2v) is 9.84. The second-order valence-electron chi connectivity index (χ2n) is 9.84. The van der Waals surface area contributed by atoms with Gasteiger partial charge in [-0.2, -0.15) is 0 Å². The Morgan fingerprint density at radius 2 is 1.55 bits per heavy atom. The number of nitrogens with zero attached hydrogens (tertiary/aromatic N) is 4. The van der Waals surface area contributed by atoms with Gasteiger partial charge in [0.15, 0.2) is 0 Å². The van der Waals surface area contributed by atoms with Crippen LogP contribution in [0.2, 0.25) is 0 Å². The minimum atomic E-state index is -1.17. The molecule has 0 aliphatic heterocycles. The molecule has 0 saturated heterocycles. The summed E-state index contributed by atoms with van der Waals surface area (Å²) in [6, 6.07) is 26.9. The van der Waals surface area contributed by atoms with E-state index in [9.17, 15) is 19.4 Å². The van der Waals surface area contributed by atoms with E-state index in [4.69, 9.17) is 15.1 Å². The maximum Gasteiger partial charge on any atom is 0.305 e. The SMILES string of the molecule is O=C(O)C[C@H](O)C[C@H](O)CCn1c(-c2ccccc2)nc(-c2ccnc(Nc3ccccc3)n2)c1-c1ccc(F)cc1. The molecule has 2 atom stereocenters. The molecule has 3 aromatic carbocycles. The molecule has 0 saturated carbocycles. The van der Waals surface area contributed by atoms with E-state index in [1.807, 2.05) is 65.2 Å². The molecular weight excluding hydrogens is 537 g/mol. The summed E-state index contributed by atoms with van der Waals surface area (Å²) in [5.41, 5.74) is 4.08. The molecule has 10 heteroatoms. The van der Waals surface area contributed by atoms with Gasteiger partial charge < -0.3 is 25.2 Å². The summed E-state index contributed by atoms with van der Waals surface area (Å²) in [6.07, 6.45) is -0.814. The number of nitrogens with one attached hydrogen (secondary N) is 1. The number of aliphatic hydroxyl groups is 2. The van der Waals surface area contributed by atoms with Crippen molar-refractivity contribution in [2.45, 2.75) is 38.0 Å². The van der Waals surface area contributed by atoms with Crippen molar-refractivity contribution in [3.63, 3.8) is 0 Å². The number of aliphatic hydroxyl groups excluding tert-OH is 2. The molecule has 0 unspecified atom stereocenters. The maximum atomic E-state index is 14.0. The predicted molar refractivity (Wildman–Crippen MR) is 157 cm³/mol. The fourth-order valence-electron chi connectivity index (χ4n) is 4.75. The van der Waals surface area contributed by atoms with Gasteiger partial charge in [-0.25, -0.2) is 19.3 Å². The summed E-state index contributed by atoms with van der Waals surface area (Å²) in [7, 11) is 0. The minimum absolute atomic E-state index is 0.0825. The number of rotatable bonds is 12. The highest BCUT2D eigenvalue weighted by Crippen LogP contribution is 2.36. The van der Waals surface area contributed by atoms with Crippen molar-refractivity contribution in [1.29, 1.82) is 0 Å². The number of halogens is 1. The van der Waals surface area contributed by atoms with Crippen molar-refractivity contribution < 1.29 is 24.5 Å². The summed E-state index contributed by atoms with van der Waals surface area (Å²) in [4.78, 5) is 25.1. The van der Waals surface area contributed by atoms with Gasteiger partial charge in [0, 0.05) is 29.6 Å². The van der Waals surface area contributed by atoms with Gasteiger partial charge in [-0.3, -0.25) is 4.79 Å². The molecular formula is C32H30FN5O4. The summed E-state index contributed by atoms with van der Waals surface area (Å²) >= 11 is 0. The van der Waals surface area contributed by atoms with Crippen molar-refractivity contribution in [3.8, 4) is 34.0 Å². The molecule has 214 valence electrons. The number of hydrogen-bond acceptors (Lipinski definition) is 7. The highest BCUT2D eigenvalue weighted by Gasteiger charge is 2.24. The van der Waals surface area contributed by atoms with Crippen molar-refractivity contribution in [3.05, 3.63) is 103 Å². The first-order valence-electron chi connectivity index (χ1n) is 13.5. The average molecular weight is 568 g/mol. The lowest BCUT2D eigenvalue weighted by Crippen LogP contribution is -2.22. The second kappa shape index (κ2) is 13.2. The molecule has 0 aliphatic rings. The Hall–Kier alpha value is -4.93. The number of aromatic nitrogens is 4. The number of carbonyl (C=O) groups is 1. The average Bonchev–Trinajstić information content (AvgIpc) is 3.37. The quantitative estimate of drug-likeness (QED) is 0.155. The number of aliphatic carboxylic acids is 1. The molecule has 0 bridgehead atoms. The van der Waals surface area contributed by atoms with Gasteiger partial charge in [0.2, 0.25) is 5.95 Å². The number of para-hydroxylation sites is 1. The molecule has 9 nitrogen and oxygen atoms in total. The first-order chi connectivity index (χ1) is 20.4. The fraction of sp³-hybridized carbons (Fsp3) is 0.188. The molecule has 0 fully saturated rings. The Balaban J connectivity index is 1.59. The number of carboxylic acid groups (broad SMARTS) is 1. The largest absolute Gasteiger partial charge is 0.481 e. The highest BCUT2D eigenvalue weighted by atomic mass is 19.1. The Morgan fingerprint density at radius 3 is 2.24 bits per heavy atom. The molecule has 5 aromatic rings. The number of imidazole rings is 1. The van der Waals surface area contributed by atoms with Crippen molar-refractivity contribution >= 4 is 17.6 Å². The van der Waals surface area contributed by atoms with Gasteiger partial charge >= 0.3 is 5.97 Å². The molecule has 2 heterocycles. The number of carboxylic acids is 1. The van der Waals surface area contributed by atoms with Crippen LogP contribution in [-0.4, -0.2) is 53.0 Å². The van der Waals surface area contributed by atoms with Gasteiger partial charge in [0.25, 0.3) is 0 Å². The smallest absolute Gasteiger partial charge is 0.305 e. The third kappa shape index (κ3) is 7.03. The van der Waals surface area contributed by atoms with E-state index < -0.39 is 24.6 Å². The first-order valence-corrected chi connectivity index (χ1v) is 13.5. The Bertz CT molecular complexity index is 1630. The van der Waals surface area contributed by atoms with Crippen LogP contribution in [0.15, 0.2) is 97.2 Å². The third-order valence-corrected chi connectivity index (χ3v) is 6.69. The first kappa shape index (κ1) is 28.6. The van der Waals surface area contributed by atoms with E-state index in [0.29, 0.717) is 34.4 Å². The van der Waals surface area contributed by atoms with E-state index >= 15 is 0 Å². The Kier molecular flexibility index (Phi) is 8.96. The van der Waals surface area contributed by atoms with Crippen LogP contribution in [0.25, 0.3) is 34.0 Å². The summed E-state index contributed by atoms with van der Waals surface area (Å²) in [6.45, 7) is 0.283. The monoisotopic (exact) mass is 567 g/mol. The van der Waals surface area contributed by atoms with E-state index in [1.165, 1.54) is 12.1 Å². The molecule has 0 aliphatic carbocycles. The van der Waals surface area contributed by atoms with Crippen LogP contribution in [0.4, 0.5) is 16.0 Å². The zero-order valence-electron chi connectivity index (χ0n) is 22.6. The van der Waals surface area contributed by atoms with E-state index in [2.05, 4.69) is 10.3 Å². The lowest BCUT2D eigenvalue weighted by atomic mass is 10.1. The summed E-state index contributed by atoms with van der Waals surface area (Å²) < 4.78 is 15.9. The minimum Gasteiger partial charge on any atom is -0.481 e. The summed E-state index contributed by atoms with van der Waals surface area (Å²) in [5, 5.41) is 32.9. The van der Waals surface area contributed by atoms with Crippen LogP contribution in [-0.2, 0) is 11.3 Å². The molecule has 2 aromatic heterocycles. The van der Waals surface area contributed by atoms with E-state index in [-0.39, 0.29) is 25.2 Å². The Labute approximate surface area is 242 Å². The van der Waals surface area contributed by atoms with Crippen LogP contribution < -0.4 is 5.32 Å². The Morgan fingerprint density at radius 1 is 0.857 bits per heavy atom. The zero-order chi connectivity index (χ0) is 29.5. The van der Waals surface area contributed by atoms with Gasteiger partial charge in [-0.05, 0) is 55.3 Å². The number of anilines is 2. The normalized spacial score (nSPS) is 12.5. The molecule has 4 N–H and O–H groups in total. The van der Waals surface area contributed by atoms with Crippen LogP contribution in [0.1, 0.15) is 19.3 Å².